The van der Waals surface area contributed by atoms with Gasteiger partial charge in [-0.3, -0.25) is 4.79 Å². The largest absolute Gasteiger partial charge is 0.462 e. The molecule has 4 saturated carbocycles. The van der Waals surface area contributed by atoms with Gasteiger partial charge in [-0.05, 0) is 86.4 Å². The minimum atomic E-state index is -1.73. The van der Waals surface area contributed by atoms with Crippen molar-refractivity contribution in [3.05, 3.63) is 12.2 Å². The van der Waals surface area contributed by atoms with Crippen molar-refractivity contribution >= 4 is 5.97 Å². The lowest BCUT2D eigenvalue weighted by molar-refractivity contribution is -0.367. The lowest BCUT2D eigenvalue weighted by Crippen LogP contribution is -2.73. The molecule has 0 aromatic carbocycles. The van der Waals surface area contributed by atoms with E-state index in [9.17, 15) is 40.5 Å². The molecule has 0 amide bonds. The smallest absolute Gasteiger partial charge is 0.302 e. The number of hydrogen-bond donors (Lipinski definition) is 7. The number of esters is 1. The minimum absolute atomic E-state index is 0.0130. The van der Waals surface area contributed by atoms with E-state index in [1.54, 1.807) is 6.92 Å². The number of carbonyl (C=O) groups is 1. The van der Waals surface area contributed by atoms with E-state index >= 15 is 0 Å². The Morgan fingerprint density at radius 1 is 0.776 bits per heavy atom. The summed E-state index contributed by atoms with van der Waals surface area (Å²) < 4.78 is 37.7. The molecule has 1 spiro atoms. The van der Waals surface area contributed by atoms with Gasteiger partial charge < -0.3 is 64.2 Å². The molecule has 3 heterocycles. The highest BCUT2D eigenvalue weighted by atomic mass is 16.7. The quantitative estimate of drug-likeness (QED) is 0.112. The molecular weight excluding hydrogens is 752 g/mol. The van der Waals surface area contributed by atoms with Gasteiger partial charge in [0.15, 0.2) is 12.6 Å². The number of fused-ring (bicyclic) bond motifs is 4. The number of ether oxygens (including phenoxy) is 6. The van der Waals surface area contributed by atoms with E-state index in [0.29, 0.717) is 13.0 Å². The van der Waals surface area contributed by atoms with Gasteiger partial charge in [-0.25, -0.2) is 0 Å². The van der Waals surface area contributed by atoms with Gasteiger partial charge in [-0.2, -0.15) is 0 Å². The second kappa shape index (κ2) is 14.4. The first kappa shape index (κ1) is 43.4. The van der Waals surface area contributed by atoms with Crippen molar-refractivity contribution < 1.29 is 69.0 Å². The van der Waals surface area contributed by atoms with Crippen LogP contribution in [-0.4, -0.2) is 141 Å². The average Bonchev–Trinajstić information content (AvgIpc) is 3.43. The summed E-state index contributed by atoms with van der Waals surface area (Å²) in [5.74, 6) is 0.110. The van der Waals surface area contributed by atoms with E-state index in [0.717, 1.165) is 44.9 Å². The predicted octanol–water partition coefficient (Wildman–Crippen LogP) is 2.35. The number of hydrogen-bond acceptors (Lipinski definition) is 14. The number of aliphatic hydroxyl groups is 7. The first-order valence-corrected chi connectivity index (χ1v) is 21.8. The Hall–Kier alpha value is -1.27. The zero-order valence-electron chi connectivity index (χ0n) is 35.6. The highest BCUT2D eigenvalue weighted by Crippen LogP contribution is 2.79. The number of carbonyl (C=O) groups excluding carboxylic acids is 1. The second-order valence-electron chi connectivity index (χ2n) is 21.5. The molecule has 0 aromatic rings. The van der Waals surface area contributed by atoms with E-state index in [1.165, 1.54) is 6.92 Å². The van der Waals surface area contributed by atoms with Crippen molar-refractivity contribution in [3.63, 3.8) is 0 Å². The van der Waals surface area contributed by atoms with Crippen LogP contribution >= 0.6 is 0 Å². The molecular formula is C44H70O14. The van der Waals surface area contributed by atoms with Crippen molar-refractivity contribution in [2.75, 3.05) is 19.8 Å². The number of rotatable bonds is 7. The van der Waals surface area contributed by atoms with Gasteiger partial charge in [0, 0.05) is 29.1 Å². The minimum Gasteiger partial charge on any atom is -0.462 e. The lowest BCUT2D eigenvalue weighted by atomic mass is 9.32. The normalized spacial score (nSPS) is 57.1. The molecule has 0 aromatic heterocycles. The first-order valence-electron chi connectivity index (χ1n) is 21.8. The van der Waals surface area contributed by atoms with Crippen LogP contribution in [-0.2, 0) is 33.2 Å². The van der Waals surface area contributed by atoms with Gasteiger partial charge in [-0.1, -0.05) is 53.7 Å². The zero-order valence-corrected chi connectivity index (χ0v) is 35.6. The summed E-state index contributed by atoms with van der Waals surface area (Å²) in [5, 5.41) is 75.1. The molecule has 14 heteroatoms. The molecule has 8 aliphatic rings. The van der Waals surface area contributed by atoms with Gasteiger partial charge in [0.05, 0.1) is 37.6 Å². The summed E-state index contributed by atoms with van der Waals surface area (Å²) in [7, 11) is 0. The Labute approximate surface area is 342 Å². The van der Waals surface area contributed by atoms with E-state index in [-0.39, 0.29) is 63.5 Å². The van der Waals surface area contributed by atoms with Crippen LogP contribution in [0.2, 0.25) is 0 Å². The topological polar surface area (TPSA) is 214 Å². The fourth-order valence-electron chi connectivity index (χ4n) is 14.6. The maximum Gasteiger partial charge on any atom is 0.302 e. The van der Waals surface area contributed by atoms with Crippen molar-refractivity contribution in [3.8, 4) is 0 Å². The Morgan fingerprint density at radius 2 is 1.48 bits per heavy atom. The molecule has 7 N–H and O–H groups in total. The third kappa shape index (κ3) is 5.89. The van der Waals surface area contributed by atoms with Crippen molar-refractivity contribution in [2.45, 2.75) is 186 Å². The first-order chi connectivity index (χ1) is 27.1. The molecule has 3 saturated heterocycles. The van der Waals surface area contributed by atoms with Gasteiger partial charge in [0.2, 0.25) is 0 Å². The third-order valence-electron chi connectivity index (χ3n) is 18.2. The maximum atomic E-state index is 12.8. The summed E-state index contributed by atoms with van der Waals surface area (Å²) in [4.78, 5) is 12.8. The summed E-state index contributed by atoms with van der Waals surface area (Å²) in [6, 6.07) is 0. The zero-order chi connectivity index (χ0) is 42.2. The van der Waals surface area contributed by atoms with Crippen LogP contribution in [0.25, 0.3) is 0 Å². The molecule has 21 unspecified atom stereocenters. The SMILES string of the molecule is CC(=O)OC1CC2(C)C3(C)CCC4C(C)(CO)C(OC5OC(C)C(O)C(OC6OC(CO)C(O)C(O)C6O)C5O)CCC4(C)C3C=CC23OCC12CCC(C)(C)CC23. The van der Waals surface area contributed by atoms with E-state index < -0.39 is 85.1 Å². The van der Waals surface area contributed by atoms with Gasteiger partial charge in [0.25, 0.3) is 0 Å². The highest BCUT2D eigenvalue weighted by Gasteiger charge is 2.79. The van der Waals surface area contributed by atoms with E-state index in [4.69, 9.17) is 28.4 Å². The van der Waals surface area contributed by atoms with Gasteiger partial charge in [-0.15, -0.1) is 0 Å². The number of aliphatic hydroxyl groups excluding tert-OH is 7. The molecule has 5 aliphatic carbocycles. The van der Waals surface area contributed by atoms with Gasteiger partial charge >= 0.3 is 5.97 Å². The van der Waals surface area contributed by atoms with E-state index in [2.05, 4.69) is 53.7 Å². The van der Waals surface area contributed by atoms with Crippen LogP contribution in [0.3, 0.4) is 0 Å². The Morgan fingerprint density at radius 3 is 2.16 bits per heavy atom. The summed E-state index contributed by atoms with van der Waals surface area (Å²) >= 11 is 0. The Kier molecular flexibility index (Phi) is 10.8. The van der Waals surface area contributed by atoms with Gasteiger partial charge in [0.1, 0.15) is 48.8 Å². The average molecular weight is 823 g/mol. The molecule has 14 nitrogen and oxygen atoms in total. The molecule has 330 valence electrons. The molecule has 3 aliphatic heterocycles. The van der Waals surface area contributed by atoms with E-state index in [1.807, 2.05) is 0 Å². The van der Waals surface area contributed by atoms with Crippen LogP contribution < -0.4 is 0 Å². The summed E-state index contributed by atoms with van der Waals surface area (Å²) in [6.45, 7) is 16.9. The van der Waals surface area contributed by atoms with Crippen LogP contribution in [0.4, 0.5) is 0 Å². The summed E-state index contributed by atoms with van der Waals surface area (Å²) in [6.07, 6.45) is -3.48. The molecule has 58 heavy (non-hydrogen) atoms. The van der Waals surface area contributed by atoms with Crippen molar-refractivity contribution in [1.82, 2.24) is 0 Å². The molecule has 21 atom stereocenters. The highest BCUT2D eigenvalue weighted by molar-refractivity contribution is 5.66. The Balaban J connectivity index is 1.07. The third-order valence-corrected chi connectivity index (χ3v) is 18.2. The standard InChI is InChI=1S/C44H70O14/c1-22-30(48)35(58-36-33(51)32(50)31(49)24(19-45)56-36)34(52)37(54-22)57-28-11-12-39(5)25(40(28,6)20-46)9-13-41(7)26(39)10-14-44-27-17-38(3,4)15-16-43(27,21-53-44)29(55-23(2)47)18-42(41,44)8/h10,14,22,24-37,45-46,48-52H,9,11-13,15-21H2,1-8H3. The van der Waals surface area contributed by atoms with Crippen LogP contribution in [0.5, 0.6) is 0 Å². The maximum absolute atomic E-state index is 12.8. The lowest BCUT2D eigenvalue weighted by Gasteiger charge is -2.73. The Bertz CT molecular complexity index is 1610. The predicted molar refractivity (Wildman–Crippen MR) is 206 cm³/mol. The number of allylic oxidation sites excluding steroid dienone is 1. The van der Waals surface area contributed by atoms with Crippen molar-refractivity contribution in [1.29, 1.82) is 0 Å². The van der Waals surface area contributed by atoms with Crippen LogP contribution in [0.1, 0.15) is 107 Å². The second-order valence-corrected chi connectivity index (χ2v) is 21.5. The fourth-order valence-corrected chi connectivity index (χ4v) is 14.6. The van der Waals surface area contributed by atoms with Crippen molar-refractivity contribution in [2.24, 2.45) is 50.2 Å². The molecule has 2 bridgehead atoms. The van der Waals surface area contributed by atoms with Crippen LogP contribution in [0, 0.1) is 50.2 Å². The molecule has 8 rings (SSSR count). The summed E-state index contributed by atoms with van der Waals surface area (Å²) in [5.41, 5.74) is -2.14. The monoisotopic (exact) mass is 822 g/mol. The molecule has 0 radical (unpaired) electrons. The van der Waals surface area contributed by atoms with Crippen LogP contribution in [0.15, 0.2) is 12.2 Å². The fraction of sp³-hybridized carbons (Fsp3) is 0.932. The molecule has 7 fully saturated rings.